The van der Waals surface area contributed by atoms with Gasteiger partial charge < -0.3 is 9.13 Å². The Morgan fingerprint density at radius 2 is 1.86 bits per heavy atom. The smallest absolute Gasteiger partial charge is 0.318 e. The molecule has 1 saturated carbocycles. The van der Waals surface area contributed by atoms with Crippen LogP contribution in [-0.4, -0.2) is 62.2 Å². The van der Waals surface area contributed by atoms with E-state index >= 15 is 0 Å². The largest absolute Gasteiger partial charge is 0.458 e. The number of alkyl halides is 5. The van der Waals surface area contributed by atoms with Crippen LogP contribution in [0.1, 0.15) is 38.1 Å². The van der Waals surface area contributed by atoms with E-state index in [0.29, 0.717) is 17.8 Å². The summed E-state index contributed by atoms with van der Waals surface area (Å²) in [4.78, 5) is 12.5. The number of hydrogen-bond acceptors (Lipinski definition) is 7. The lowest BCUT2D eigenvalue weighted by molar-refractivity contribution is -0.289. The number of hydrazone groups is 1. The van der Waals surface area contributed by atoms with Gasteiger partial charge in [0.25, 0.3) is 0 Å². The maximum Gasteiger partial charge on any atom is 0.458 e. The Balaban J connectivity index is 1.92. The second kappa shape index (κ2) is 8.89. The summed E-state index contributed by atoms with van der Waals surface area (Å²) in [6.45, 7) is 6.72. The third kappa shape index (κ3) is 4.49. The molecule has 37 heavy (non-hydrogen) atoms. The van der Waals surface area contributed by atoms with Gasteiger partial charge in [0.15, 0.2) is 26.3 Å². The molecule has 3 aromatic rings. The number of rotatable bonds is 8. The summed E-state index contributed by atoms with van der Waals surface area (Å²) < 4.78 is 95.3. The third-order valence-electron chi connectivity index (χ3n) is 6.12. The number of hydrogen-bond donors (Lipinski definition) is 0. The number of aromatic nitrogens is 5. The lowest BCUT2D eigenvalue weighted by Crippen LogP contribution is -2.33. The van der Waals surface area contributed by atoms with E-state index in [1.54, 1.807) is 18.1 Å². The number of nitrogens with zero attached hydrogens (tertiary/aromatic N) is 7. The van der Waals surface area contributed by atoms with Crippen LogP contribution in [0.15, 0.2) is 28.6 Å². The molecule has 0 unspecified atom stereocenters. The molecule has 1 fully saturated rings. The maximum absolute atomic E-state index is 13.9. The molecule has 0 N–H and O–H groups in total. The number of imidazole rings is 2. The van der Waals surface area contributed by atoms with Crippen molar-refractivity contribution in [3.8, 4) is 11.5 Å². The molecule has 0 aromatic carbocycles. The van der Waals surface area contributed by atoms with Gasteiger partial charge in [-0.3, -0.25) is 5.01 Å². The van der Waals surface area contributed by atoms with Crippen LogP contribution in [0.3, 0.4) is 0 Å². The average Bonchev–Trinajstić information content (AvgIpc) is 3.53. The minimum absolute atomic E-state index is 0.0215. The van der Waals surface area contributed by atoms with E-state index in [-0.39, 0.29) is 45.3 Å². The number of sulfone groups is 1. The van der Waals surface area contributed by atoms with Crippen LogP contribution < -0.4 is 0 Å². The Hall–Kier alpha value is -3.36. The topological polar surface area (TPSA) is 98.3 Å². The second-order valence-corrected chi connectivity index (χ2v) is 10.9. The molecule has 0 atom stereocenters. The summed E-state index contributed by atoms with van der Waals surface area (Å²) in [5, 5.41) is 5.46. The summed E-state index contributed by atoms with van der Waals surface area (Å²) >= 11 is 0. The molecular formula is C22H24F5N7O2S. The Bertz CT molecular complexity index is 1520. The summed E-state index contributed by atoms with van der Waals surface area (Å²) in [6, 6.07) is 0.784. The van der Waals surface area contributed by atoms with Gasteiger partial charge in [-0.2, -0.15) is 27.1 Å². The van der Waals surface area contributed by atoms with Gasteiger partial charge in [-0.05, 0) is 25.8 Å². The van der Waals surface area contributed by atoms with E-state index in [0.717, 1.165) is 12.8 Å². The molecule has 9 nitrogen and oxygen atoms in total. The highest BCUT2D eigenvalue weighted by molar-refractivity contribution is 7.91. The lowest BCUT2D eigenvalue weighted by atomic mass is 10.1. The van der Waals surface area contributed by atoms with Gasteiger partial charge in [0, 0.05) is 38.8 Å². The summed E-state index contributed by atoms with van der Waals surface area (Å²) in [7, 11) is -0.931. The standard InChI is InChI=1S/C22H24F5N7O2S/c1-6-37(35,36)20-16(31-17(33(20)5)12(2)11-34(28-3)14-7-8-14)19-30-15-9-13(10-29-18(15)32(19)4)21(23,24)22(25,26)27/h9-11,14H,3,6-8H2,1-2,4-5H3/b12-11+. The Labute approximate surface area is 209 Å². The van der Waals surface area contributed by atoms with Crippen LogP contribution in [0.4, 0.5) is 22.0 Å². The van der Waals surface area contributed by atoms with Gasteiger partial charge in [0.2, 0.25) is 0 Å². The first-order chi connectivity index (χ1) is 17.1. The fraction of sp³-hybridized carbons (Fsp3) is 0.455. The van der Waals surface area contributed by atoms with Crippen molar-refractivity contribution in [3.63, 3.8) is 0 Å². The zero-order valence-corrected chi connectivity index (χ0v) is 21.2. The van der Waals surface area contributed by atoms with Crippen molar-refractivity contribution < 1.29 is 30.4 Å². The van der Waals surface area contributed by atoms with Gasteiger partial charge in [-0.15, -0.1) is 0 Å². The van der Waals surface area contributed by atoms with E-state index < -0.39 is 27.5 Å². The minimum atomic E-state index is -5.82. The van der Waals surface area contributed by atoms with Gasteiger partial charge in [-0.25, -0.2) is 23.4 Å². The third-order valence-corrected chi connectivity index (χ3v) is 7.94. The first-order valence-electron chi connectivity index (χ1n) is 11.1. The van der Waals surface area contributed by atoms with Crippen LogP contribution >= 0.6 is 0 Å². The normalized spacial score (nSPS) is 15.4. The molecule has 200 valence electrons. The maximum atomic E-state index is 13.9. The average molecular weight is 546 g/mol. The predicted molar refractivity (Wildman–Crippen MR) is 126 cm³/mol. The fourth-order valence-electron chi connectivity index (χ4n) is 3.95. The first-order valence-corrected chi connectivity index (χ1v) is 12.8. The lowest BCUT2D eigenvalue weighted by Gasteiger charge is -2.19. The van der Waals surface area contributed by atoms with E-state index in [9.17, 15) is 30.4 Å². The van der Waals surface area contributed by atoms with Crippen molar-refractivity contribution in [2.45, 2.75) is 49.9 Å². The van der Waals surface area contributed by atoms with Gasteiger partial charge in [0.05, 0.1) is 17.4 Å². The molecular weight excluding hydrogens is 521 g/mol. The Morgan fingerprint density at radius 3 is 2.41 bits per heavy atom. The van der Waals surface area contributed by atoms with Crippen molar-refractivity contribution >= 4 is 33.3 Å². The van der Waals surface area contributed by atoms with Crippen molar-refractivity contribution in [2.24, 2.45) is 19.2 Å². The molecule has 0 bridgehead atoms. The Kier molecular flexibility index (Phi) is 6.41. The summed E-state index contributed by atoms with van der Waals surface area (Å²) in [5.41, 5.74) is -1.18. The van der Waals surface area contributed by atoms with Crippen molar-refractivity contribution in [1.29, 1.82) is 0 Å². The highest BCUT2D eigenvalue weighted by atomic mass is 32.2. The number of allylic oxidation sites excluding steroid dienone is 1. The molecule has 0 spiro atoms. The van der Waals surface area contributed by atoms with Crippen molar-refractivity contribution in [3.05, 3.63) is 29.9 Å². The molecule has 0 amide bonds. The van der Waals surface area contributed by atoms with E-state index in [1.807, 2.05) is 0 Å². The Morgan fingerprint density at radius 1 is 1.22 bits per heavy atom. The number of pyridine rings is 1. The van der Waals surface area contributed by atoms with Crippen molar-refractivity contribution in [1.82, 2.24) is 29.1 Å². The van der Waals surface area contributed by atoms with Crippen LogP contribution in [0.5, 0.6) is 0 Å². The van der Waals surface area contributed by atoms with E-state index in [2.05, 4.69) is 26.8 Å². The van der Waals surface area contributed by atoms with E-state index in [1.165, 1.54) is 30.2 Å². The SMILES string of the molecule is C=NN(/C=C(\C)c1nc(-c2nc3cc(C(F)(F)C(F)(F)F)cnc3n2C)c(S(=O)(=O)CC)n1C)C1CC1. The van der Waals surface area contributed by atoms with Gasteiger partial charge in [-0.1, -0.05) is 6.92 Å². The fourth-order valence-corrected chi connectivity index (χ4v) is 5.16. The molecule has 15 heteroatoms. The first kappa shape index (κ1) is 26.7. The molecule has 3 aromatic heterocycles. The zero-order valence-electron chi connectivity index (χ0n) is 20.4. The van der Waals surface area contributed by atoms with Crippen LogP contribution in [-0.2, 0) is 29.9 Å². The number of halogens is 5. The molecule has 1 aliphatic rings. The molecule has 1 aliphatic carbocycles. The molecule has 0 aliphatic heterocycles. The van der Waals surface area contributed by atoms with E-state index in [4.69, 9.17) is 0 Å². The number of fused-ring (bicyclic) bond motifs is 1. The van der Waals surface area contributed by atoms with Crippen molar-refractivity contribution in [2.75, 3.05) is 5.75 Å². The summed E-state index contributed by atoms with van der Waals surface area (Å²) in [5.74, 6) is -5.19. The molecule has 4 rings (SSSR count). The predicted octanol–water partition coefficient (Wildman–Crippen LogP) is 4.26. The quantitative estimate of drug-likeness (QED) is 0.238. The van der Waals surface area contributed by atoms with Crippen LogP contribution in [0.25, 0.3) is 28.3 Å². The second-order valence-electron chi connectivity index (χ2n) is 8.75. The monoisotopic (exact) mass is 545 g/mol. The van der Waals surface area contributed by atoms with Crippen LogP contribution in [0, 0.1) is 0 Å². The van der Waals surface area contributed by atoms with Gasteiger partial charge >= 0.3 is 12.1 Å². The molecule has 3 heterocycles. The number of aryl methyl sites for hydroxylation is 1. The molecule has 0 saturated heterocycles. The molecule has 0 radical (unpaired) electrons. The van der Waals surface area contributed by atoms with Gasteiger partial charge in [0.1, 0.15) is 17.0 Å². The minimum Gasteiger partial charge on any atom is -0.318 e. The zero-order chi connectivity index (χ0) is 27.5. The summed E-state index contributed by atoms with van der Waals surface area (Å²) in [6.07, 6.45) is -1.83. The highest BCUT2D eigenvalue weighted by Crippen LogP contribution is 2.44. The van der Waals surface area contributed by atoms with Crippen LogP contribution in [0.2, 0.25) is 0 Å². The highest BCUT2D eigenvalue weighted by Gasteiger charge is 2.59.